The first-order chi connectivity index (χ1) is 9.01. The molecule has 5 heteroatoms. The Bertz CT molecular complexity index is 316. The van der Waals surface area contributed by atoms with Gasteiger partial charge >= 0.3 is 11.9 Å². The maximum absolute atomic E-state index is 11.7. The molecule has 0 heterocycles. The molecule has 5 nitrogen and oxygen atoms in total. The molecule has 1 aliphatic carbocycles. The predicted molar refractivity (Wildman–Crippen MR) is 68.4 cm³/mol. The number of ether oxygens (including phenoxy) is 2. The van der Waals surface area contributed by atoms with Gasteiger partial charge in [-0.1, -0.05) is 0 Å². The second-order valence-electron chi connectivity index (χ2n) is 5.00. The molecule has 0 radical (unpaired) electrons. The Morgan fingerprint density at radius 3 is 1.79 bits per heavy atom. The Kier molecular flexibility index (Phi) is 5.99. The molecule has 0 bridgehead atoms. The highest BCUT2D eigenvalue weighted by molar-refractivity contribution is 5.81. The van der Waals surface area contributed by atoms with Crippen LogP contribution in [-0.2, 0) is 23.9 Å². The van der Waals surface area contributed by atoms with Gasteiger partial charge in [-0.3, -0.25) is 14.4 Å². The van der Waals surface area contributed by atoms with Crippen molar-refractivity contribution in [2.45, 2.75) is 52.4 Å². The highest BCUT2D eigenvalue weighted by atomic mass is 16.5. The van der Waals surface area contributed by atoms with Gasteiger partial charge in [0.05, 0.1) is 26.1 Å². The summed E-state index contributed by atoms with van der Waals surface area (Å²) in [7, 11) is 0. The zero-order valence-electron chi connectivity index (χ0n) is 11.7. The van der Waals surface area contributed by atoms with E-state index < -0.39 is 5.41 Å². The van der Waals surface area contributed by atoms with Gasteiger partial charge in [-0.25, -0.2) is 0 Å². The molecule has 0 unspecified atom stereocenters. The fourth-order valence-electron chi connectivity index (χ4n) is 2.51. The zero-order chi connectivity index (χ0) is 14.3. The fraction of sp³-hybridized carbons (Fsp3) is 0.786. The van der Waals surface area contributed by atoms with Crippen molar-refractivity contribution in [1.82, 2.24) is 0 Å². The number of rotatable bonds is 6. The average Bonchev–Trinajstić information content (AvgIpc) is 2.33. The lowest BCUT2D eigenvalue weighted by atomic mass is 9.69. The normalized spacial score (nSPS) is 17.9. The second kappa shape index (κ2) is 7.26. The first-order valence-electron chi connectivity index (χ1n) is 6.84. The van der Waals surface area contributed by atoms with Gasteiger partial charge < -0.3 is 9.47 Å². The summed E-state index contributed by atoms with van der Waals surface area (Å²) in [6.45, 7) is 4.15. The van der Waals surface area contributed by atoms with Crippen LogP contribution in [0.3, 0.4) is 0 Å². The molecule has 0 amide bonds. The smallest absolute Gasteiger partial charge is 0.306 e. The molecule has 1 rings (SSSR count). The third kappa shape index (κ3) is 5.01. The monoisotopic (exact) mass is 270 g/mol. The van der Waals surface area contributed by atoms with Crippen LogP contribution in [0.25, 0.3) is 0 Å². The molecule has 0 spiro atoms. The minimum atomic E-state index is -0.466. The van der Waals surface area contributed by atoms with Crippen molar-refractivity contribution in [3.05, 3.63) is 0 Å². The molecule has 1 saturated carbocycles. The Hall–Kier alpha value is -1.39. The Morgan fingerprint density at radius 1 is 1.00 bits per heavy atom. The van der Waals surface area contributed by atoms with E-state index in [-0.39, 0.29) is 30.6 Å². The van der Waals surface area contributed by atoms with E-state index in [1.807, 2.05) is 0 Å². The third-order valence-corrected chi connectivity index (χ3v) is 3.52. The maximum Gasteiger partial charge on any atom is 0.306 e. The lowest BCUT2D eigenvalue weighted by Gasteiger charge is -2.35. The molecule has 19 heavy (non-hydrogen) atoms. The van der Waals surface area contributed by atoms with E-state index in [9.17, 15) is 14.4 Å². The van der Waals surface area contributed by atoms with Crippen LogP contribution in [0.5, 0.6) is 0 Å². The summed E-state index contributed by atoms with van der Waals surface area (Å²) in [5, 5.41) is 0. The molecule has 1 aliphatic rings. The van der Waals surface area contributed by atoms with Crippen molar-refractivity contribution in [3.63, 3.8) is 0 Å². The molecule has 0 aromatic carbocycles. The lowest BCUT2D eigenvalue weighted by Crippen LogP contribution is -2.33. The van der Waals surface area contributed by atoms with E-state index >= 15 is 0 Å². The summed E-state index contributed by atoms with van der Waals surface area (Å²) < 4.78 is 9.92. The van der Waals surface area contributed by atoms with Crippen molar-refractivity contribution in [2.24, 2.45) is 5.41 Å². The van der Waals surface area contributed by atoms with E-state index in [2.05, 4.69) is 0 Å². The largest absolute Gasteiger partial charge is 0.466 e. The number of carbonyl (C=O) groups excluding carboxylic acids is 3. The number of Topliss-reactive ketones (excluding diaryl/α,β-unsaturated/α-hetero) is 1. The van der Waals surface area contributed by atoms with Crippen molar-refractivity contribution >= 4 is 17.7 Å². The first-order valence-corrected chi connectivity index (χ1v) is 6.84. The topological polar surface area (TPSA) is 69.7 Å². The quantitative estimate of drug-likeness (QED) is 0.691. The fourth-order valence-corrected chi connectivity index (χ4v) is 2.51. The number of hydrogen-bond donors (Lipinski definition) is 0. The maximum atomic E-state index is 11.7. The van der Waals surface area contributed by atoms with Gasteiger partial charge in [0.2, 0.25) is 0 Å². The van der Waals surface area contributed by atoms with Crippen LogP contribution in [0, 0.1) is 5.41 Å². The van der Waals surface area contributed by atoms with Crippen LogP contribution in [0.1, 0.15) is 52.4 Å². The first kappa shape index (κ1) is 15.7. The number of hydrogen-bond acceptors (Lipinski definition) is 5. The molecule has 0 aromatic rings. The minimum Gasteiger partial charge on any atom is -0.466 e. The Balaban J connectivity index is 2.69. The van der Waals surface area contributed by atoms with E-state index in [0.717, 1.165) is 0 Å². The van der Waals surface area contributed by atoms with Gasteiger partial charge in [0.25, 0.3) is 0 Å². The standard InChI is InChI=1S/C14H22O5/c1-3-18-12(16)9-14(10-13(17)19-4-2)7-5-11(15)6-8-14/h3-10H2,1-2H3. The molecule has 0 aromatic heterocycles. The van der Waals surface area contributed by atoms with Gasteiger partial charge in [-0.05, 0) is 32.1 Å². The summed E-state index contributed by atoms with van der Waals surface area (Å²) in [6, 6.07) is 0. The van der Waals surface area contributed by atoms with Gasteiger partial charge in [0, 0.05) is 12.8 Å². The van der Waals surface area contributed by atoms with Crippen LogP contribution < -0.4 is 0 Å². The second-order valence-corrected chi connectivity index (χ2v) is 5.00. The van der Waals surface area contributed by atoms with Gasteiger partial charge in [0.1, 0.15) is 5.78 Å². The zero-order valence-corrected chi connectivity index (χ0v) is 11.7. The van der Waals surface area contributed by atoms with Crippen LogP contribution in [0.2, 0.25) is 0 Å². The minimum absolute atomic E-state index is 0.187. The van der Waals surface area contributed by atoms with Gasteiger partial charge in [-0.2, -0.15) is 0 Å². The molecule has 108 valence electrons. The Labute approximate surface area is 113 Å². The molecule has 0 aliphatic heterocycles. The summed E-state index contributed by atoms with van der Waals surface area (Å²) in [5.74, 6) is -0.411. The number of carbonyl (C=O) groups is 3. The van der Waals surface area contributed by atoms with Crippen molar-refractivity contribution in [3.8, 4) is 0 Å². The van der Waals surface area contributed by atoms with Crippen LogP contribution in [-0.4, -0.2) is 30.9 Å². The van der Waals surface area contributed by atoms with Gasteiger partial charge in [-0.15, -0.1) is 0 Å². The van der Waals surface area contributed by atoms with Crippen LogP contribution >= 0.6 is 0 Å². The third-order valence-electron chi connectivity index (χ3n) is 3.52. The predicted octanol–water partition coefficient (Wildman–Crippen LogP) is 2.02. The molecule has 1 fully saturated rings. The number of ketones is 1. The summed E-state index contributed by atoms with van der Waals surface area (Å²) >= 11 is 0. The summed E-state index contributed by atoms with van der Waals surface area (Å²) in [5.41, 5.74) is -0.466. The summed E-state index contributed by atoms with van der Waals surface area (Å²) in [6.07, 6.45) is 2.35. The van der Waals surface area contributed by atoms with Crippen LogP contribution in [0.15, 0.2) is 0 Å². The highest BCUT2D eigenvalue weighted by Gasteiger charge is 2.39. The van der Waals surface area contributed by atoms with Crippen molar-refractivity contribution in [1.29, 1.82) is 0 Å². The van der Waals surface area contributed by atoms with E-state index in [1.165, 1.54) is 0 Å². The van der Waals surface area contributed by atoms with E-state index in [0.29, 0.717) is 38.9 Å². The summed E-state index contributed by atoms with van der Waals surface area (Å²) in [4.78, 5) is 34.7. The SMILES string of the molecule is CCOC(=O)CC1(CC(=O)OCC)CCC(=O)CC1. The molecule has 0 N–H and O–H groups in total. The molecular formula is C14H22O5. The van der Waals surface area contributed by atoms with E-state index in [1.54, 1.807) is 13.8 Å². The highest BCUT2D eigenvalue weighted by Crippen LogP contribution is 2.41. The average molecular weight is 270 g/mol. The molecular weight excluding hydrogens is 248 g/mol. The lowest BCUT2D eigenvalue weighted by molar-refractivity contribution is -0.152. The molecule has 0 saturated heterocycles. The Morgan fingerprint density at radius 2 is 1.42 bits per heavy atom. The van der Waals surface area contributed by atoms with Crippen LogP contribution in [0.4, 0.5) is 0 Å². The van der Waals surface area contributed by atoms with Crippen molar-refractivity contribution < 1.29 is 23.9 Å². The van der Waals surface area contributed by atoms with Gasteiger partial charge in [0.15, 0.2) is 0 Å². The van der Waals surface area contributed by atoms with Crippen molar-refractivity contribution in [2.75, 3.05) is 13.2 Å². The van der Waals surface area contributed by atoms with E-state index in [4.69, 9.17) is 9.47 Å². The molecule has 0 atom stereocenters. The number of esters is 2.